The van der Waals surface area contributed by atoms with Crippen LogP contribution in [0.1, 0.15) is 40.0 Å². The molecule has 0 radical (unpaired) electrons. The average molecular weight is 319 g/mol. The highest BCUT2D eigenvalue weighted by atomic mass is 32.1. The first kappa shape index (κ1) is 16.4. The van der Waals surface area contributed by atoms with Gasteiger partial charge < -0.3 is 9.88 Å². The van der Waals surface area contributed by atoms with Crippen molar-refractivity contribution in [2.45, 2.75) is 40.2 Å². The molecule has 2 heterocycles. The maximum Gasteiger partial charge on any atom is 0.263 e. The summed E-state index contributed by atoms with van der Waals surface area (Å²) in [6.45, 7) is 6.87. The second kappa shape index (κ2) is 7.35. The molecule has 0 unspecified atom stereocenters. The lowest BCUT2D eigenvalue weighted by Crippen LogP contribution is -2.34. The van der Waals surface area contributed by atoms with Gasteiger partial charge in [-0.2, -0.15) is 0 Å². The Bertz CT molecular complexity index is 718. The van der Waals surface area contributed by atoms with Crippen LogP contribution in [0.15, 0.2) is 22.4 Å². The molecule has 0 aromatic carbocycles. The Morgan fingerprint density at radius 1 is 1.36 bits per heavy atom. The normalized spacial score (nSPS) is 10.7. The standard InChI is InChI=1S/C16H21N3O2S/c1-4-19-11(2)7-8-13(16(19)21)15(20)17-9-5-6-14-12(3)18-10-22-14/h7-8,10H,4-6,9H2,1-3H3,(H,17,20). The van der Waals surface area contributed by atoms with E-state index in [0.29, 0.717) is 13.1 Å². The second-order valence-electron chi connectivity index (χ2n) is 5.16. The topological polar surface area (TPSA) is 64.0 Å². The number of nitrogens with zero attached hydrogens (tertiary/aromatic N) is 2. The third-order valence-corrected chi connectivity index (χ3v) is 4.66. The van der Waals surface area contributed by atoms with Crippen molar-refractivity contribution in [3.63, 3.8) is 0 Å². The van der Waals surface area contributed by atoms with Crippen LogP contribution >= 0.6 is 11.3 Å². The van der Waals surface area contributed by atoms with E-state index in [1.165, 1.54) is 4.88 Å². The van der Waals surface area contributed by atoms with Crippen molar-refractivity contribution in [2.24, 2.45) is 0 Å². The van der Waals surface area contributed by atoms with Gasteiger partial charge in [-0.25, -0.2) is 4.98 Å². The number of hydrogen-bond acceptors (Lipinski definition) is 4. The number of carbonyl (C=O) groups is 1. The monoisotopic (exact) mass is 319 g/mol. The molecule has 0 atom stereocenters. The minimum Gasteiger partial charge on any atom is -0.352 e. The Morgan fingerprint density at radius 2 is 2.14 bits per heavy atom. The van der Waals surface area contributed by atoms with Crippen molar-refractivity contribution in [2.75, 3.05) is 6.54 Å². The van der Waals surface area contributed by atoms with E-state index < -0.39 is 0 Å². The number of rotatable bonds is 6. The largest absolute Gasteiger partial charge is 0.352 e. The van der Waals surface area contributed by atoms with Gasteiger partial charge in [0.1, 0.15) is 5.56 Å². The SMILES string of the molecule is CCn1c(C)ccc(C(=O)NCCCc2scnc2C)c1=O. The van der Waals surface area contributed by atoms with Crippen LogP contribution in [0.25, 0.3) is 0 Å². The molecule has 1 amide bonds. The van der Waals surface area contributed by atoms with E-state index in [4.69, 9.17) is 0 Å². The minimum absolute atomic E-state index is 0.210. The molecule has 0 fully saturated rings. The van der Waals surface area contributed by atoms with Gasteiger partial charge in [-0.1, -0.05) is 0 Å². The Balaban J connectivity index is 1.93. The van der Waals surface area contributed by atoms with E-state index >= 15 is 0 Å². The third kappa shape index (κ3) is 3.62. The molecular formula is C16H21N3O2S. The van der Waals surface area contributed by atoms with Crippen molar-refractivity contribution in [3.05, 3.63) is 49.8 Å². The van der Waals surface area contributed by atoms with Gasteiger partial charge >= 0.3 is 0 Å². The van der Waals surface area contributed by atoms with Crippen molar-refractivity contribution >= 4 is 17.2 Å². The fourth-order valence-electron chi connectivity index (χ4n) is 2.35. The summed E-state index contributed by atoms with van der Waals surface area (Å²) in [5.74, 6) is -0.298. The highest BCUT2D eigenvalue weighted by Gasteiger charge is 2.12. The van der Waals surface area contributed by atoms with E-state index in [-0.39, 0.29) is 17.0 Å². The summed E-state index contributed by atoms with van der Waals surface area (Å²) in [5.41, 5.74) is 3.74. The number of hydrogen-bond donors (Lipinski definition) is 1. The molecule has 0 spiro atoms. The van der Waals surface area contributed by atoms with Gasteiger partial charge in [-0.05, 0) is 45.7 Å². The molecule has 0 saturated carbocycles. The lowest BCUT2D eigenvalue weighted by Gasteiger charge is -2.10. The Morgan fingerprint density at radius 3 is 2.77 bits per heavy atom. The van der Waals surface area contributed by atoms with Gasteiger partial charge in [0, 0.05) is 23.7 Å². The second-order valence-corrected chi connectivity index (χ2v) is 6.10. The number of carbonyl (C=O) groups excluding carboxylic acids is 1. The summed E-state index contributed by atoms with van der Waals surface area (Å²) in [4.78, 5) is 29.8. The van der Waals surface area contributed by atoms with Crippen LogP contribution in [0, 0.1) is 13.8 Å². The molecule has 118 valence electrons. The number of nitrogens with one attached hydrogen (secondary N) is 1. The summed E-state index contributed by atoms with van der Waals surface area (Å²) < 4.78 is 1.61. The highest BCUT2D eigenvalue weighted by molar-refractivity contribution is 7.09. The van der Waals surface area contributed by atoms with E-state index in [2.05, 4.69) is 10.3 Å². The summed E-state index contributed by atoms with van der Waals surface area (Å²) in [7, 11) is 0. The van der Waals surface area contributed by atoms with E-state index in [1.807, 2.05) is 26.3 Å². The molecule has 0 saturated heterocycles. The fourth-order valence-corrected chi connectivity index (χ4v) is 3.17. The lowest BCUT2D eigenvalue weighted by molar-refractivity contribution is 0.0951. The van der Waals surface area contributed by atoms with Crippen molar-refractivity contribution in [1.82, 2.24) is 14.9 Å². The number of aromatic nitrogens is 2. The van der Waals surface area contributed by atoms with E-state index in [1.54, 1.807) is 28.0 Å². The average Bonchev–Trinajstić information content (AvgIpc) is 2.89. The minimum atomic E-state index is -0.298. The third-order valence-electron chi connectivity index (χ3n) is 3.66. The maximum absolute atomic E-state index is 12.2. The maximum atomic E-state index is 12.2. The smallest absolute Gasteiger partial charge is 0.263 e. The molecule has 2 aromatic rings. The molecule has 0 bridgehead atoms. The molecule has 0 aliphatic heterocycles. The number of aryl methyl sites for hydroxylation is 3. The highest BCUT2D eigenvalue weighted by Crippen LogP contribution is 2.13. The van der Waals surface area contributed by atoms with Gasteiger partial charge in [0.25, 0.3) is 11.5 Å². The van der Waals surface area contributed by atoms with Gasteiger partial charge in [-0.15, -0.1) is 11.3 Å². The van der Waals surface area contributed by atoms with E-state index in [0.717, 1.165) is 24.2 Å². The van der Waals surface area contributed by atoms with Gasteiger partial charge in [0.05, 0.1) is 11.2 Å². The van der Waals surface area contributed by atoms with Crippen molar-refractivity contribution < 1.29 is 4.79 Å². The van der Waals surface area contributed by atoms with Crippen LogP contribution in [-0.2, 0) is 13.0 Å². The van der Waals surface area contributed by atoms with Crippen LogP contribution in [0.5, 0.6) is 0 Å². The molecule has 2 rings (SSSR count). The predicted octanol–water partition coefficient (Wildman–Crippen LogP) is 2.30. The molecule has 6 heteroatoms. The Hall–Kier alpha value is -1.95. The Kier molecular flexibility index (Phi) is 5.49. The zero-order valence-corrected chi connectivity index (χ0v) is 14.0. The van der Waals surface area contributed by atoms with E-state index in [9.17, 15) is 9.59 Å². The van der Waals surface area contributed by atoms with Gasteiger partial charge in [0.2, 0.25) is 0 Å². The summed E-state index contributed by atoms with van der Waals surface area (Å²) >= 11 is 1.64. The zero-order chi connectivity index (χ0) is 16.1. The number of thiazole rings is 1. The summed E-state index contributed by atoms with van der Waals surface area (Å²) in [6.07, 6.45) is 1.73. The lowest BCUT2D eigenvalue weighted by atomic mass is 10.2. The Labute approximate surface area is 134 Å². The first-order chi connectivity index (χ1) is 10.5. The molecule has 22 heavy (non-hydrogen) atoms. The van der Waals surface area contributed by atoms with Gasteiger partial charge in [-0.3, -0.25) is 9.59 Å². The predicted molar refractivity (Wildman–Crippen MR) is 88.6 cm³/mol. The molecule has 2 aromatic heterocycles. The number of amides is 1. The quantitative estimate of drug-likeness (QED) is 0.831. The summed E-state index contributed by atoms with van der Waals surface area (Å²) in [5, 5.41) is 2.82. The first-order valence-electron chi connectivity index (χ1n) is 7.42. The van der Waals surface area contributed by atoms with Crippen LogP contribution in [-0.4, -0.2) is 22.0 Å². The summed E-state index contributed by atoms with van der Waals surface area (Å²) in [6, 6.07) is 3.41. The molecular weight excluding hydrogens is 298 g/mol. The van der Waals surface area contributed by atoms with Gasteiger partial charge in [0.15, 0.2) is 0 Å². The molecule has 1 N–H and O–H groups in total. The van der Waals surface area contributed by atoms with Crippen LogP contribution in [0.2, 0.25) is 0 Å². The number of pyridine rings is 1. The first-order valence-corrected chi connectivity index (χ1v) is 8.30. The van der Waals surface area contributed by atoms with Crippen LogP contribution in [0.3, 0.4) is 0 Å². The molecule has 0 aliphatic rings. The van der Waals surface area contributed by atoms with Crippen molar-refractivity contribution in [3.8, 4) is 0 Å². The van der Waals surface area contributed by atoms with Crippen LogP contribution < -0.4 is 10.9 Å². The zero-order valence-electron chi connectivity index (χ0n) is 13.2. The van der Waals surface area contributed by atoms with Crippen molar-refractivity contribution in [1.29, 1.82) is 0 Å². The molecule has 0 aliphatic carbocycles. The molecule has 5 nitrogen and oxygen atoms in total. The fraction of sp³-hybridized carbons (Fsp3) is 0.438. The van der Waals surface area contributed by atoms with Crippen LogP contribution in [0.4, 0.5) is 0 Å².